The van der Waals surface area contributed by atoms with Crippen LogP contribution in [0.3, 0.4) is 0 Å². The van der Waals surface area contributed by atoms with E-state index in [1.807, 2.05) is 96.9 Å². The molecule has 21 heteroatoms. The summed E-state index contributed by atoms with van der Waals surface area (Å²) in [4.78, 5) is 94.2. The molecular weight excluding hydrogens is 1100 g/mol. The highest BCUT2D eigenvalue weighted by Crippen LogP contribution is 2.37. The molecule has 0 aromatic rings. The van der Waals surface area contributed by atoms with E-state index in [9.17, 15) is 42.6 Å². The van der Waals surface area contributed by atoms with Gasteiger partial charge in [0.1, 0.15) is 22.9 Å². The monoisotopic (exact) mass is 1190 g/mol. The van der Waals surface area contributed by atoms with Gasteiger partial charge in [0, 0.05) is 56.2 Å². The van der Waals surface area contributed by atoms with E-state index in [1.165, 1.54) is 5.06 Å². The summed E-state index contributed by atoms with van der Waals surface area (Å²) in [6, 6.07) is 0.247. The molecule has 4 aliphatic carbocycles. The molecule has 83 heavy (non-hydrogen) atoms. The smallest absolute Gasteiger partial charge is 0.263 e. The van der Waals surface area contributed by atoms with Crippen molar-refractivity contribution in [3.63, 3.8) is 0 Å². The molecule has 1 amide bonds. The van der Waals surface area contributed by atoms with E-state index in [2.05, 4.69) is 81.1 Å². The molecule has 0 radical (unpaired) electrons. The lowest BCUT2D eigenvalue weighted by molar-refractivity contribution is -0.162. The lowest BCUT2D eigenvalue weighted by atomic mass is 9.81. The number of hydrogen-bond donors (Lipinski definition) is 7. The lowest BCUT2D eigenvalue weighted by Crippen LogP contribution is -2.38. The van der Waals surface area contributed by atoms with E-state index < -0.39 is 9.71 Å². The molecule has 4 atom stereocenters. The zero-order chi connectivity index (χ0) is 64.8. The number of ether oxygens (including phenoxy) is 1. The molecule has 0 spiro atoms. The Morgan fingerprint density at radius 2 is 1.05 bits per heavy atom. The van der Waals surface area contributed by atoms with E-state index in [-0.39, 0.29) is 128 Å². The first-order chi connectivity index (χ1) is 37.9. The third-order valence-corrected chi connectivity index (χ3v) is 15.5. The molecule has 4 aliphatic heterocycles. The topological polar surface area (TPSA) is 304 Å². The van der Waals surface area contributed by atoms with Gasteiger partial charge in [-0.15, -0.1) is 11.8 Å². The van der Waals surface area contributed by atoms with E-state index in [4.69, 9.17) is 31.3 Å². The molecule has 460 valence electrons. The van der Waals surface area contributed by atoms with Crippen LogP contribution in [0, 0.1) is 29.6 Å². The fourth-order valence-corrected chi connectivity index (χ4v) is 10.8. The zero-order valence-electron chi connectivity index (χ0n) is 51.6. The van der Waals surface area contributed by atoms with Gasteiger partial charge in [-0.3, -0.25) is 42.6 Å². The van der Waals surface area contributed by atoms with Gasteiger partial charge in [0.05, 0.1) is 58.5 Å². The van der Waals surface area contributed by atoms with Crippen molar-refractivity contribution in [3.8, 4) is 0 Å². The molecule has 0 saturated carbocycles. The van der Waals surface area contributed by atoms with Crippen LogP contribution in [0.25, 0.3) is 0 Å². The summed E-state index contributed by atoms with van der Waals surface area (Å²) in [6.45, 7) is 55.8. The number of aliphatic hydroxyl groups is 2. The van der Waals surface area contributed by atoms with Crippen LogP contribution < -0.4 is 26.8 Å². The quantitative estimate of drug-likeness (QED) is 0.0797. The Morgan fingerprint density at radius 3 is 1.29 bits per heavy atom. The van der Waals surface area contributed by atoms with Crippen molar-refractivity contribution in [2.24, 2.45) is 41.1 Å². The molecule has 0 aromatic carbocycles. The average Bonchev–Trinajstić information content (AvgIpc) is 4.19. The Kier molecular flexibility index (Phi) is 28.2. The van der Waals surface area contributed by atoms with Crippen LogP contribution in [-0.2, 0) is 57.6 Å². The van der Waals surface area contributed by atoms with Gasteiger partial charge in [0.15, 0.2) is 40.8 Å². The number of nitrogens with one attached hydrogen (secondary N) is 3. The molecule has 8 aliphatic rings. The minimum Gasteiger partial charge on any atom is -0.507 e. The van der Waals surface area contributed by atoms with Crippen molar-refractivity contribution < 1.29 is 62.4 Å². The molecule has 9 N–H and O–H groups in total. The molecule has 0 aromatic heterocycles. The largest absolute Gasteiger partial charge is 0.507 e. The standard InChI is InChI=1S/C8H12N2O.C8H11NO2.C8H11NO.C8H12O2.C8H10O2.C8H12OS.C7H13NO2S.C7H11NO2/c1-4(2)10-7-6(9)5(3)8(7)11;1-4(2)9-6-7(10)5(3)8(6)11;1-4(2)6-7(9)5(3)8(6)10;1-5(2)8-7(9)4-6(3)10-8;1-4(2)6-7(9)5(3)8(6)10;1-5(2)8-7(9)4-6(3)10-8;1-5(2)7-6(9)4-11(3,10)8-7;1-5(2)8-7(9)4-6(3)10-8/h4,10H,3,9H2,1-2H3;4,9-10H,3H2,1-2H3;4H,3,9H2,1-2H3;5,8H,3-4H2,1-2H3;4,9H,3H2,1-2H3;5,8H,3-4H2,1-2H3;5,7H,3-4H2,1-2H3,(H,8,10);5H,3-4H2,1-2H3. The van der Waals surface area contributed by atoms with E-state index in [1.54, 1.807) is 11.8 Å². The molecule has 4 heterocycles. The molecule has 19 nitrogen and oxygen atoms in total. The summed E-state index contributed by atoms with van der Waals surface area (Å²) in [5.41, 5.74) is 15.5. The van der Waals surface area contributed by atoms with Gasteiger partial charge in [-0.2, -0.15) is 5.06 Å². The first kappa shape index (κ1) is 74.0. The van der Waals surface area contributed by atoms with Crippen LogP contribution in [-0.4, -0.2) is 113 Å². The van der Waals surface area contributed by atoms with Crippen LogP contribution in [0.15, 0.2) is 130 Å². The number of rotatable bonds is 10. The second-order valence-corrected chi connectivity index (χ2v) is 26.5. The highest BCUT2D eigenvalue weighted by molar-refractivity contribution is 8.04. The number of allylic oxidation sites excluding steroid dienone is 10. The highest BCUT2D eigenvalue weighted by Gasteiger charge is 2.37. The maximum Gasteiger partial charge on any atom is 0.263 e. The zero-order valence-corrected chi connectivity index (χ0v) is 53.3. The normalized spacial score (nSPS) is 22.6. The van der Waals surface area contributed by atoms with E-state index in [0.29, 0.717) is 82.0 Å². The van der Waals surface area contributed by atoms with E-state index >= 15 is 0 Å². The Morgan fingerprint density at radius 1 is 0.578 bits per heavy atom. The summed E-state index contributed by atoms with van der Waals surface area (Å²) in [5.74, 6) is 6.32. The predicted molar refractivity (Wildman–Crippen MR) is 332 cm³/mol. The Labute approximate surface area is 496 Å². The van der Waals surface area contributed by atoms with Crippen LogP contribution in [0.4, 0.5) is 0 Å². The number of nitrogens with zero attached hydrogens (tertiary/aromatic N) is 1. The number of nitrogens with two attached hydrogens (primary N) is 2. The van der Waals surface area contributed by atoms with Crippen LogP contribution >= 0.6 is 11.8 Å². The maximum absolute atomic E-state index is 11.3. The minimum atomic E-state index is -2.29. The maximum atomic E-state index is 11.3. The third kappa shape index (κ3) is 20.7. The number of aliphatic hydroxyl groups excluding tert-OH is 2. The molecule has 4 saturated heterocycles. The van der Waals surface area contributed by atoms with Crippen molar-refractivity contribution in [3.05, 3.63) is 130 Å². The number of hydroxylamine groups is 2. The predicted octanol–water partition coefficient (Wildman–Crippen LogP) is 8.41. The fraction of sp³-hybridized carbons (Fsp3) is 0.500. The number of thioether (sulfide) groups is 1. The molecular formula is C62H92N6O13S2. The van der Waals surface area contributed by atoms with Gasteiger partial charge >= 0.3 is 0 Å². The molecule has 8 rings (SSSR count). The summed E-state index contributed by atoms with van der Waals surface area (Å²) < 4.78 is 19.2. The van der Waals surface area contributed by atoms with Gasteiger partial charge < -0.3 is 41.9 Å². The average molecular weight is 1190 g/mol. The number of hydrogen-bond acceptors (Lipinski definition) is 18. The molecule has 4 fully saturated rings. The van der Waals surface area contributed by atoms with Gasteiger partial charge in [-0.1, -0.05) is 115 Å². The van der Waals surface area contributed by atoms with Crippen LogP contribution in [0.5, 0.6) is 0 Å². The van der Waals surface area contributed by atoms with E-state index in [0.717, 1.165) is 10.5 Å². The fourth-order valence-electron chi connectivity index (χ4n) is 8.09. The van der Waals surface area contributed by atoms with Crippen LogP contribution in [0.2, 0.25) is 0 Å². The summed E-state index contributed by atoms with van der Waals surface area (Å²) in [6.07, 6.45) is 1.10. The number of carbonyl (C=O) groups is 8. The lowest BCUT2D eigenvalue weighted by Gasteiger charge is -2.24. The second-order valence-electron chi connectivity index (χ2n) is 23.1. The minimum absolute atomic E-state index is 0.000000000000000222. The number of ketones is 7. The van der Waals surface area contributed by atoms with Crippen molar-refractivity contribution in [2.45, 2.75) is 166 Å². The summed E-state index contributed by atoms with van der Waals surface area (Å²) in [7, 11) is -2.29. The van der Waals surface area contributed by atoms with Gasteiger partial charge in [-0.05, 0) is 81.9 Å². The first-order valence-electron chi connectivity index (χ1n) is 27.4. The SMILES string of the molecule is C=C1C(=O)C(C(C)C)=C1N.C=C1C(=O)C(C(C)C)=C1O.C=C1C(=O)C(NC(C)C)=C1N.C=C1C(=O)C(NC(C)C)=C1O.C=C1CC(=O)C(C(C)C)O1.C=C1CC(=O)C(C(C)C)S1.C=C1CC(=O)N(C(C)C)O1.C=S1(=O)CC(=O)C(C(C)C)N1. The van der Waals surface area contributed by atoms with Crippen molar-refractivity contribution in [2.75, 3.05) is 5.75 Å². The highest BCUT2D eigenvalue weighted by atomic mass is 32.2. The van der Waals surface area contributed by atoms with Crippen molar-refractivity contribution >= 4 is 73.7 Å². The number of Topliss-reactive ketones (excluding diaryl/α,β-unsaturated/α-hetero) is 7. The number of amides is 1. The van der Waals surface area contributed by atoms with Crippen LogP contribution in [0.1, 0.15) is 130 Å². The molecule has 4 unspecified atom stereocenters. The third-order valence-electron chi connectivity index (χ3n) is 12.5. The Hall–Kier alpha value is -6.97. The van der Waals surface area contributed by atoms with Crippen molar-refractivity contribution in [1.29, 1.82) is 0 Å². The summed E-state index contributed by atoms with van der Waals surface area (Å²) >= 11 is 1.64. The number of carbonyl (C=O) groups excluding carboxylic acids is 8. The Bertz CT molecular complexity index is 2730. The van der Waals surface area contributed by atoms with Gasteiger partial charge in [0.25, 0.3) is 5.91 Å². The Balaban J connectivity index is 0.000000474. The van der Waals surface area contributed by atoms with Crippen molar-refractivity contribution in [1.82, 2.24) is 20.4 Å². The second kappa shape index (κ2) is 31.6. The molecule has 0 bridgehead atoms. The first-order valence-corrected chi connectivity index (χ1v) is 30.1. The van der Waals surface area contributed by atoms with Gasteiger partial charge in [-0.25, -0.2) is 4.72 Å². The summed E-state index contributed by atoms with van der Waals surface area (Å²) in [5, 5.41) is 25.5. The van der Waals surface area contributed by atoms with Gasteiger partial charge in [0.2, 0.25) is 11.6 Å².